The molecule has 0 aliphatic carbocycles. The third-order valence-electron chi connectivity index (χ3n) is 4.97. The zero-order valence-electron chi connectivity index (χ0n) is 17.2. The number of benzene rings is 2. The van der Waals surface area contributed by atoms with Crippen molar-refractivity contribution in [2.75, 3.05) is 14.2 Å². The third kappa shape index (κ3) is 3.91. The smallest absolute Gasteiger partial charge is 0.133 e. The number of hydrogen-bond acceptors (Lipinski definition) is 4. The summed E-state index contributed by atoms with van der Waals surface area (Å²) in [5.74, 6) is 1.60. The number of halogens is 1. The summed E-state index contributed by atoms with van der Waals surface area (Å²) in [4.78, 5) is 0. The maximum absolute atomic E-state index is 6.07. The van der Waals surface area contributed by atoms with Gasteiger partial charge >= 0.3 is 0 Å². The minimum Gasteiger partial charge on any atom is -0.497 e. The minimum atomic E-state index is 0.441. The Bertz CT molecular complexity index is 1170. The molecule has 154 valence electrons. The van der Waals surface area contributed by atoms with Crippen LogP contribution in [-0.2, 0) is 13.1 Å². The van der Waals surface area contributed by atoms with E-state index in [-0.39, 0.29) is 0 Å². The van der Waals surface area contributed by atoms with Crippen LogP contribution in [0.1, 0.15) is 12.5 Å². The van der Waals surface area contributed by atoms with Crippen LogP contribution in [0.3, 0.4) is 0 Å². The summed E-state index contributed by atoms with van der Waals surface area (Å²) < 4.78 is 14.6. The van der Waals surface area contributed by atoms with Crippen molar-refractivity contribution >= 4 is 11.6 Å². The van der Waals surface area contributed by atoms with Crippen LogP contribution in [-0.4, -0.2) is 33.8 Å². The molecule has 0 unspecified atom stereocenters. The molecule has 0 fully saturated rings. The number of methoxy groups -OCH3 is 2. The van der Waals surface area contributed by atoms with Gasteiger partial charge in [0.25, 0.3) is 0 Å². The molecule has 2 aromatic carbocycles. The summed E-state index contributed by atoms with van der Waals surface area (Å²) in [6.45, 7) is 2.58. The van der Waals surface area contributed by atoms with Crippen molar-refractivity contribution in [1.82, 2.24) is 19.6 Å². The molecule has 0 aliphatic rings. The van der Waals surface area contributed by atoms with Gasteiger partial charge in [-0.1, -0.05) is 42.8 Å². The molecule has 4 rings (SSSR count). The van der Waals surface area contributed by atoms with E-state index < -0.39 is 0 Å². The second-order valence-corrected chi connectivity index (χ2v) is 7.27. The van der Waals surface area contributed by atoms with E-state index in [4.69, 9.17) is 26.2 Å². The SMILES string of the molecule is CCc1c(-c2cccc(OC)c2)nn(Cn2cc(Cl)cn2)c1-c1cccc(OC)c1. The quantitative estimate of drug-likeness (QED) is 0.413. The molecule has 0 atom stereocenters. The van der Waals surface area contributed by atoms with Gasteiger partial charge in [0.05, 0.1) is 36.8 Å². The molecule has 30 heavy (non-hydrogen) atoms. The van der Waals surface area contributed by atoms with Gasteiger partial charge < -0.3 is 9.47 Å². The van der Waals surface area contributed by atoms with Crippen molar-refractivity contribution in [2.24, 2.45) is 0 Å². The topological polar surface area (TPSA) is 54.1 Å². The standard InChI is InChI=1S/C23H23ClN4O2/c1-4-21-22(16-7-5-9-19(11-16)29-2)26-28(15-27-14-18(24)13-25-27)23(21)17-8-6-10-20(12-17)30-3/h5-14H,4,15H2,1-3H3. The van der Waals surface area contributed by atoms with Crippen molar-refractivity contribution in [3.05, 3.63) is 71.5 Å². The number of ether oxygens (including phenoxy) is 2. The van der Waals surface area contributed by atoms with Crippen LogP contribution >= 0.6 is 11.6 Å². The normalized spacial score (nSPS) is 10.9. The molecule has 4 aromatic rings. The van der Waals surface area contributed by atoms with Crippen molar-refractivity contribution < 1.29 is 9.47 Å². The highest BCUT2D eigenvalue weighted by atomic mass is 35.5. The molecule has 0 radical (unpaired) electrons. The summed E-state index contributed by atoms with van der Waals surface area (Å²) >= 11 is 6.07. The monoisotopic (exact) mass is 422 g/mol. The van der Waals surface area contributed by atoms with Crippen molar-refractivity contribution in [3.8, 4) is 34.0 Å². The Kier molecular flexibility index (Phi) is 5.77. The van der Waals surface area contributed by atoms with E-state index in [1.807, 2.05) is 41.1 Å². The molecule has 0 saturated carbocycles. The molecule has 0 aliphatic heterocycles. The lowest BCUT2D eigenvalue weighted by Crippen LogP contribution is -2.11. The van der Waals surface area contributed by atoms with Crippen molar-refractivity contribution in [3.63, 3.8) is 0 Å². The van der Waals surface area contributed by atoms with E-state index in [1.54, 1.807) is 31.3 Å². The first-order valence-corrected chi connectivity index (χ1v) is 10.1. The van der Waals surface area contributed by atoms with E-state index in [2.05, 4.69) is 24.2 Å². The van der Waals surface area contributed by atoms with Gasteiger partial charge in [-0.15, -0.1) is 0 Å². The Morgan fingerprint density at radius 1 is 0.967 bits per heavy atom. The van der Waals surface area contributed by atoms with Crippen molar-refractivity contribution in [1.29, 1.82) is 0 Å². The van der Waals surface area contributed by atoms with E-state index in [1.165, 1.54) is 0 Å². The molecule has 6 nitrogen and oxygen atoms in total. The highest BCUT2D eigenvalue weighted by Gasteiger charge is 2.20. The lowest BCUT2D eigenvalue weighted by atomic mass is 9.99. The van der Waals surface area contributed by atoms with Crippen molar-refractivity contribution in [2.45, 2.75) is 20.0 Å². The molecule has 2 aromatic heterocycles. The Balaban J connectivity index is 1.91. The van der Waals surface area contributed by atoms with Crippen LogP contribution in [0, 0.1) is 0 Å². The second-order valence-electron chi connectivity index (χ2n) is 6.83. The Labute approximate surface area is 180 Å². The average molecular weight is 423 g/mol. The Hall–Kier alpha value is -3.25. The van der Waals surface area contributed by atoms with E-state index in [0.717, 1.165) is 46.0 Å². The Morgan fingerprint density at radius 2 is 1.63 bits per heavy atom. The van der Waals surface area contributed by atoms with E-state index in [9.17, 15) is 0 Å². The summed E-state index contributed by atoms with van der Waals surface area (Å²) in [5, 5.41) is 9.89. The lowest BCUT2D eigenvalue weighted by Gasteiger charge is -2.11. The fourth-order valence-electron chi connectivity index (χ4n) is 3.59. The highest BCUT2D eigenvalue weighted by Crippen LogP contribution is 2.35. The first-order valence-electron chi connectivity index (χ1n) is 9.69. The second kappa shape index (κ2) is 8.63. The van der Waals surface area contributed by atoms with Gasteiger partial charge in [0.2, 0.25) is 0 Å². The first-order chi connectivity index (χ1) is 14.6. The van der Waals surface area contributed by atoms with Gasteiger partial charge in [-0.05, 0) is 30.7 Å². The van der Waals surface area contributed by atoms with E-state index >= 15 is 0 Å². The van der Waals surface area contributed by atoms with Gasteiger partial charge in [-0.2, -0.15) is 10.2 Å². The molecule has 0 spiro atoms. The molecular weight excluding hydrogens is 400 g/mol. The first kappa shape index (κ1) is 20.0. The zero-order chi connectivity index (χ0) is 21.1. The van der Waals surface area contributed by atoms with Crippen LogP contribution in [0.2, 0.25) is 5.02 Å². The Morgan fingerprint density at radius 3 is 2.23 bits per heavy atom. The lowest BCUT2D eigenvalue weighted by molar-refractivity contribution is 0.415. The average Bonchev–Trinajstić information content (AvgIpc) is 3.36. The highest BCUT2D eigenvalue weighted by molar-refractivity contribution is 6.30. The summed E-state index contributed by atoms with van der Waals surface area (Å²) in [7, 11) is 3.34. The molecule has 7 heteroatoms. The summed E-state index contributed by atoms with van der Waals surface area (Å²) in [6, 6.07) is 16.0. The predicted molar refractivity (Wildman–Crippen MR) is 118 cm³/mol. The number of rotatable bonds is 7. The van der Waals surface area contributed by atoms with Gasteiger partial charge in [-0.25, -0.2) is 9.36 Å². The molecular formula is C23H23ClN4O2. The summed E-state index contributed by atoms with van der Waals surface area (Å²) in [5.41, 5.74) is 5.14. The fourth-order valence-corrected chi connectivity index (χ4v) is 3.74. The number of aromatic nitrogens is 4. The van der Waals surface area contributed by atoms with Gasteiger partial charge in [0.1, 0.15) is 18.2 Å². The number of hydrogen-bond donors (Lipinski definition) is 0. The number of nitrogens with zero attached hydrogens (tertiary/aromatic N) is 4. The third-order valence-corrected chi connectivity index (χ3v) is 5.17. The zero-order valence-corrected chi connectivity index (χ0v) is 17.9. The molecule has 0 saturated heterocycles. The van der Waals surface area contributed by atoms with Crippen LogP contribution in [0.25, 0.3) is 22.5 Å². The van der Waals surface area contributed by atoms with E-state index in [0.29, 0.717) is 11.7 Å². The maximum Gasteiger partial charge on any atom is 0.133 e. The molecule has 0 amide bonds. The van der Waals surface area contributed by atoms with Gasteiger partial charge in [0.15, 0.2) is 0 Å². The molecule has 0 bridgehead atoms. The molecule has 2 heterocycles. The van der Waals surface area contributed by atoms with Gasteiger partial charge in [-0.3, -0.25) is 0 Å². The van der Waals surface area contributed by atoms with Crippen LogP contribution in [0.4, 0.5) is 0 Å². The minimum absolute atomic E-state index is 0.441. The molecule has 0 N–H and O–H groups in total. The van der Waals surface area contributed by atoms with Crippen LogP contribution < -0.4 is 9.47 Å². The van der Waals surface area contributed by atoms with Crippen LogP contribution in [0.5, 0.6) is 11.5 Å². The largest absolute Gasteiger partial charge is 0.497 e. The van der Waals surface area contributed by atoms with Crippen LogP contribution in [0.15, 0.2) is 60.9 Å². The maximum atomic E-state index is 6.07. The fraction of sp³-hybridized carbons (Fsp3) is 0.217. The predicted octanol–water partition coefficient (Wildman–Crippen LogP) is 5.15. The summed E-state index contributed by atoms with van der Waals surface area (Å²) in [6.07, 6.45) is 4.23. The van der Waals surface area contributed by atoms with Gasteiger partial charge in [0, 0.05) is 22.9 Å².